The maximum atomic E-state index is 11.2. The van der Waals surface area contributed by atoms with Crippen molar-refractivity contribution in [3.05, 3.63) is 53.7 Å². The summed E-state index contributed by atoms with van der Waals surface area (Å²) in [6.07, 6.45) is 1.57. The molecular formula is C13H10N2O3S. The Kier molecular flexibility index (Phi) is 3.82. The standard InChI is InChI=1S/C13H10N2O3S/c14-11(16)10-2-1-7-15-12(10)19-9-5-3-8(4-6-9)13(17)18/h1-7H,(H2,14,16)(H,17,18). The number of hydrogen-bond acceptors (Lipinski definition) is 4. The Balaban J connectivity index is 2.26. The molecular weight excluding hydrogens is 264 g/mol. The molecule has 19 heavy (non-hydrogen) atoms. The third-order valence-electron chi connectivity index (χ3n) is 2.35. The van der Waals surface area contributed by atoms with Gasteiger partial charge in [-0.2, -0.15) is 0 Å². The first-order valence-electron chi connectivity index (χ1n) is 5.34. The minimum Gasteiger partial charge on any atom is -0.478 e. The van der Waals surface area contributed by atoms with Crippen molar-refractivity contribution in [3.63, 3.8) is 0 Å². The molecule has 0 atom stereocenters. The molecule has 0 saturated heterocycles. The fraction of sp³-hybridized carbons (Fsp3) is 0. The number of aromatic nitrogens is 1. The van der Waals surface area contributed by atoms with E-state index in [4.69, 9.17) is 10.8 Å². The highest BCUT2D eigenvalue weighted by atomic mass is 32.2. The summed E-state index contributed by atoms with van der Waals surface area (Å²) in [5, 5.41) is 9.30. The normalized spacial score (nSPS) is 10.1. The van der Waals surface area contributed by atoms with Crippen LogP contribution in [0.4, 0.5) is 0 Å². The average Bonchev–Trinajstić information content (AvgIpc) is 2.39. The summed E-state index contributed by atoms with van der Waals surface area (Å²) in [4.78, 5) is 26.9. The topological polar surface area (TPSA) is 93.3 Å². The summed E-state index contributed by atoms with van der Waals surface area (Å²) in [5.41, 5.74) is 5.81. The van der Waals surface area contributed by atoms with Gasteiger partial charge in [-0.1, -0.05) is 11.8 Å². The van der Waals surface area contributed by atoms with Crippen LogP contribution in [0.15, 0.2) is 52.5 Å². The van der Waals surface area contributed by atoms with E-state index in [2.05, 4.69) is 4.98 Å². The molecule has 5 nitrogen and oxygen atoms in total. The zero-order valence-corrected chi connectivity index (χ0v) is 10.6. The van der Waals surface area contributed by atoms with Crippen molar-refractivity contribution in [2.75, 3.05) is 0 Å². The Hall–Kier alpha value is -2.34. The lowest BCUT2D eigenvalue weighted by molar-refractivity contribution is 0.0696. The Bertz CT molecular complexity index is 626. The number of aromatic carboxylic acids is 1. The first-order chi connectivity index (χ1) is 9.08. The second kappa shape index (κ2) is 5.53. The zero-order valence-electron chi connectivity index (χ0n) is 9.74. The molecule has 0 aliphatic heterocycles. The van der Waals surface area contributed by atoms with E-state index in [0.29, 0.717) is 10.6 Å². The molecule has 0 unspecified atom stereocenters. The lowest BCUT2D eigenvalue weighted by Gasteiger charge is -2.05. The van der Waals surface area contributed by atoms with Crippen molar-refractivity contribution in [1.29, 1.82) is 0 Å². The maximum absolute atomic E-state index is 11.2. The quantitative estimate of drug-likeness (QED) is 0.889. The fourth-order valence-corrected chi connectivity index (χ4v) is 2.32. The van der Waals surface area contributed by atoms with Crippen molar-refractivity contribution in [2.45, 2.75) is 9.92 Å². The van der Waals surface area contributed by atoms with Crippen LogP contribution in [-0.4, -0.2) is 22.0 Å². The number of carboxylic acid groups (broad SMARTS) is 1. The number of pyridine rings is 1. The van der Waals surface area contributed by atoms with Gasteiger partial charge in [-0.3, -0.25) is 4.79 Å². The second-order valence-corrected chi connectivity index (χ2v) is 4.71. The van der Waals surface area contributed by atoms with E-state index in [1.807, 2.05) is 0 Å². The van der Waals surface area contributed by atoms with Crippen LogP contribution in [0.2, 0.25) is 0 Å². The van der Waals surface area contributed by atoms with Gasteiger partial charge < -0.3 is 10.8 Å². The minimum atomic E-state index is -0.979. The number of benzene rings is 1. The van der Waals surface area contributed by atoms with Gasteiger partial charge in [0.1, 0.15) is 5.03 Å². The van der Waals surface area contributed by atoms with E-state index in [1.165, 1.54) is 23.9 Å². The van der Waals surface area contributed by atoms with Crippen LogP contribution in [0, 0.1) is 0 Å². The van der Waals surface area contributed by atoms with Gasteiger partial charge in [0, 0.05) is 11.1 Å². The van der Waals surface area contributed by atoms with Crippen LogP contribution in [-0.2, 0) is 0 Å². The maximum Gasteiger partial charge on any atom is 0.335 e. The number of amides is 1. The van der Waals surface area contributed by atoms with Crippen LogP contribution >= 0.6 is 11.8 Å². The molecule has 2 aromatic rings. The molecule has 1 heterocycles. The molecule has 0 aliphatic carbocycles. The lowest BCUT2D eigenvalue weighted by Crippen LogP contribution is -2.12. The second-order valence-electron chi connectivity index (χ2n) is 3.65. The van der Waals surface area contributed by atoms with Crippen LogP contribution in [0.5, 0.6) is 0 Å². The summed E-state index contributed by atoms with van der Waals surface area (Å²) in [7, 11) is 0. The predicted octanol–water partition coefficient (Wildman–Crippen LogP) is 2.03. The number of hydrogen-bond donors (Lipinski definition) is 2. The van der Waals surface area contributed by atoms with Crippen molar-refractivity contribution in [2.24, 2.45) is 5.73 Å². The third kappa shape index (κ3) is 3.11. The van der Waals surface area contributed by atoms with Crippen LogP contribution in [0.25, 0.3) is 0 Å². The fourth-order valence-electron chi connectivity index (χ4n) is 1.44. The Labute approximate surface area is 113 Å². The van der Waals surface area contributed by atoms with Crippen LogP contribution < -0.4 is 5.73 Å². The first-order valence-corrected chi connectivity index (χ1v) is 6.15. The number of carbonyl (C=O) groups is 2. The number of carbonyl (C=O) groups excluding carboxylic acids is 1. The number of primary amides is 1. The number of carboxylic acids is 1. The largest absolute Gasteiger partial charge is 0.478 e. The SMILES string of the molecule is NC(=O)c1cccnc1Sc1ccc(C(=O)O)cc1. The molecule has 6 heteroatoms. The van der Waals surface area contributed by atoms with Crippen molar-refractivity contribution in [1.82, 2.24) is 4.98 Å². The van der Waals surface area contributed by atoms with E-state index in [1.54, 1.807) is 30.5 Å². The predicted molar refractivity (Wildman–Crippen MR) is 70.3 cm³/mol. The van der Waals surface area contributed by atoms with E-state index in [0.717, 1.165) is 4.90 Å². The Morgan fingerprint density at radius 3 is 2.42 bits per heavy atom. The van der Waals surface area contributed by atoms with Gasteiger partial charge >= 0.3 is 5.97 Å². The van der Waals surface area contributed by atoms with Gasteiger partial charge in [-0.25, -0.2) is 9.78 Å². The smallest absolute Gasteiger partial charge is 0.335 e. The lowest BCUT2D eigenvalue weighted by atomic mass is 10.2. The first kappa shape index (κ1) is 13.1. The minimum absolute atomic E-state index is 0.209. The number of rotatable bonds is 4. The number of nitrogens with zero attached hydrogens (tertiary/aromatic N) is 1. The molecule has 0 aliphatic rings. The molecule has 1 amide bonds. The van der Waals surface area contributed by atoms with Crippen molar-refractivity contribution < 1.29 is 14.7 Å². The molecule has 2 rings (SSSR count). The Morgan fingerprint density at radius 1 is 1.16 bits per heavy atom. The summed E-state index contributed by atoms with van der Waals surface area (Å²) < 4.78 is 0. The molecule has 0 spiro atoms. The molecule has 0 saturated carbocycles. The highest BCUT2D eigenvalue weighted by Gasteiger charge is 2.10. The molecule has 0 bridgehead atoms. The molecule has 3 N–H and O–H groups in total. The third-order valence-corrected chi connectivity index (χ3v) is 3.38. The Morgan fingerprint density at radius 2 is 1.84 bits per heavy atom. The molecule has 0 fully saturated rings. The van der Waals surface area contributed by atoms with Crippen LogP contribution in [0.3, 0.4) is 0 Å². The van der Waals surface area contributed by atoms with E-state index < -0.39 is 11.9 Å². The molecule has 0 radical (unpaired) electrons. The zero-order chi connectivity index (χ0) is 13.8. The summed E-state index contributed by atoms with van der Waals surface area (Å²) >= 11 is 1.26. The summed E-state index contributed by atoms with van der Waals surface area (Å²) in [6.45, 7) is 0. The van der Waals surface area contributed by atoms with Gasteiger partial charge in [0.2, 0.25) is 0 Å². The molecule has 1 aromatic heterocycles. The summed E-state index contributed by atoms with van der Waals surface area (Å²) in [5.74, 6) is -1.52. The van der Waals surface area contributed by atoms with Gasteiger partial charge in [0.05, 0.1) is 11.1 Å². The van der Waals surface area contributed by atoms with Gasteiger partial charge in [0.15, 0.2) is 0 Å². The van der Waals surface area contributed by atoms with Crippen LogP contribution in [0.1, 0.15) is 20.7 Å². The molecule has 96 valence electrons. The van der Waals surface area contributed by atoms with E-state index in [-0.39, 0.29) is 5.56 Å². The van der Waals surface area contributed by atoms with E-state index in [9.17, 15) is 9.59 Å². The van der Waals surface area contributed by atoms with Crippen molar-refractivity contribution in [3.8, 4) is 0 Å². The monoisotopic (exact) mass is 274 g/mol. The highest BCUT2D eigenvalue weighted by Crippen LogP contribution is 2.28. The number of nitrogens with two attached hydrogens (primary N) is 1. The summed E-state index contributed by atoms with van der Waals surface area (Å²) in [6, 6.07) is 9.55. The molecule has 1 aromatic carbocycles. The van der Waals surface area contributed by atoms with Crippen molar-refractivity contribution >= 4 is 23.6 Å². The van der Waals surface area contributed by atoms with Gasteiger partial charge in [-0.05, 0) is 36.4 Å². The highest BCUT2D eigenvalue weighted by molar-refractivity contribution is 7.99. The van der Waals surface area contributed by atoms with Gasteiger partial charge in [0.25, 0.3) is 5.91 Å². The average molecular weight is 274 g/mol. The van der Waals surface area contributed by atoms with E-state index >= 15 is 0 Å². The van der Waals surface area contributed by atoms with Gasteiger partial charge in [-0.15, -0.1) is 0 Å².